The van der Waals surface area contributed by atoms with Gasteiger partial charge in [0.1, 0.15) is 21.9 Å². The van der Waals surface area contributed by atoms with Gasteiger partial charge in [-0.05, 0) is 20.8 Å². The van der Waals surface area contributed by atoms with Crippen molar-refractivity contribution in [3.05, 3.63) is 23.1 Å². The number of hydrogen-bond donors (Lipinski definition) is 2. The van der Waals surface area contributed by atoms with Crippen LogP contribution in [0.4, 0.5) is 4.79 Å². The van der Waals surface area contributed by atoms with Crippen LogP contribution in [0.25, 0.3) is 4.83 Å². The molecule has 8 heteroatoms. The van der Waals surface area contributed by atoms with Crippen molar-refractivity contribution in [2.75, 3.05) is 0 Å². The van der Waals surface area contributed by atoms with E-state index in [1.807, 2.05) is 0 Å². The van der Waals surface area contributed by atoms with E-state index in [-0.39, 0.29) is 12.2 Å². The van der Waals surface area contributed by atoms with E-state index >= 15 is 0 Å². The quantitative estimate of drug-likeness (QED) is 0.905. The number of alkyl carbamates (subject to hydrolysis) is 1. The van der Waals surface area contributed by atoms with Gasteiger partial charge >= 0.3 is 12.1 Å². The molecule has 2 heterocycles. The number of carboxylic acid groups (broad SMARTS) is 1. The Morgan fingerprint density at radius 1 is 1.50 bits per heavy atom. The summed E-state index contributed by atoms with van der Waals surface area (Å²) in [6.07, 6.45) is 1.00. The molecule has 20 heavy (non-hydrogen) atoms. The van der Waals surface area contributed by atoms with Gasteiger partial charge in [-0.2, -0.15) is 0 Å². The Morgan fingerprint density at radius 3 is 2.80 bits per heavy atom. The molecule has 2 N–H and O–H groups in total. The van der Waals surface area contributed by atoms with Gasteiger partial charge in [0.05, 0.1) is 12.7 Å². The van der Waals surface area contributed by atoms with Crippen molar-refractivity contribution < 1.29 is 19.4 Å². The van der Waals surface area contributed by atoms with E-state index in [0.717, 1.165) is 0 Å². The molecule has 0 unspecified atom stereocenters. The topological polar surface area (TPSA) is 92.9 Å². The number of aromatic carboxylic acids is 1. The van der Waals surface area contributed by atoms with E-state index in [1.165, 1.54) is 21.1 Å². The summed E-state index contributed by atoms with van der Waals surface area (Å²) in [6, 6.07) is 0. The maximum Gasteiger partial charge on any atom is 0.408 e. The Bertz CT molecular complexity index is 653. The molecule has 0 aliphatic carbocycles. The van der Waals surface area contributed by atoms with Gasteiger partial charge in [0, 0.05) is 5.38 Å². The lowest BCUT2D eigenvalue weighted by Crippen LogP contribution is -2.32. The number of hydrogen-bond acceptors (Lipinski definition) is 5. The van der Waals surface area contributed by atoms with E-state index in [9.17, 15) is 9.59 Å². The first-order chi connectivity index (χ1) is 9.28. The molecule has 7 nitrogen and oxygen atoms in total. The van der Waals surface area contributed by atoms with Crippen LogP contribution in [0.1, 0.15) is 37.1 Å². The highest BCUT2D eigenvalue weighted by molar-refractivity contribution is 7.15. The number of aromatic nitrogens is 2. The van der Waals surface area contributed by atoms with Crippen LogP contribution in [0.2, 0.25) is 0 Å². The van der Waals surface area contributed by atoms with Crippen molar-refractivity contribution in [2.24, 2.45) is 0 Å². The second-order valence-corrected chi connectivity index (χ2v) is 6.02. The Kier molecular flexibility index (Phi) is 3.67. The number of fused-ring (bicyclic) bond motifs is 1. The average Bonchev–Trinajstić information content (AvgIpc) is 2.84. The molecule has 108 valence electrons. The molecule has 0 aromatic carbocycles. The van der Waals surface area contributed by atoms with Crippen LogP contribution < -0.4 is 5.32 Å². The number of carbonyl (C=O) groups is 2. The molecule has 0 saturated carbocycles. The van der Waals surface area contributed by atoms with Crippen LogP contribution in [0.15, 0.2) is 11.6 Å². The second-order valence-electron chi connectivity index (χ2n) is 5.13. The SMILES string of the molecule is CC(C)(C)OC(=O)NCc1ncc2scc(C(=O)O)n12. The zero-order chi connectivity index (χ0) is 14.9. The van der Waals surface area contributed by atoms with Crippen LogP contribution in [0, 0.1) is 0 Å². The van der Waals surface area contributed by atoms with Crippen molar-refractivity contribution in [3.8, 4) is 0 Å². The van der Waals surface area contributed by atoms with E-state index in [2.05, 4.69) is 10.3 Å². The van der Waals surface area contributed by atoms with Gasteiger partial charge in [-0.1, -0.05) is 0 Å². The number of amides is 1. The van der Waals surface area contributed by atoms with Crippen molar-refractivity contribution in [1.82, 2.24) is 14.7 Å². The number of ether oxygens (including phenoxy) is 1. The zero-order valence-corrected chi connectivity index (χ0v) is 12.2. The van der Waals surface area contributed by atoms with Gasteiger partial charge in [-0.3, -0.25) is 4.40 Å². The zero-order valence-electron chi connectivity index (χ0n) is 11.3. The van der Waals surface area contributed by atoms with Gasteiger partial charge in [0.15, 0.2) is 0 Å². The largest absolute Gasteiger partial charge is 0.477 e. The standard InChI is InChI=1S/C12H15N3O4S/c1-12(2,3)19-11(18)14-4-8-13-5-9-15(8)7(6-20-9)10(16)17/h5-6H,4H2,1-3H3,(H,14,18)(H,16,17). The molecular weight excluding hydrogens is 282 g/mol. The van der Waals surface area contributed by atoms with Crippen LogP contribution in [0.5, 0.6) is 0 Å². The van der Waals surface area contributed by atoms with E-state index in [4.69, 9.17) is 9.84 Å². The molecule has 0 fully saturated rings. The normalized spacial score (nSPS) is 11.6. The van der Waals surface area contributed by atoms with E-state index in [1.54, 1.807) is 27.0 Å². The van der Waals surface area contributed by atoms with Gasteiger partial charge in [-0.15, -0.1) is 11.3 Å². The Labute approximate surface area is 119 Å². The number of imidazole rings is 1. The third kappa shape index (κ3) is 3.08. The summed E-state index contributed by atoms with van der Waals surface area (Å²) < 4.78 is 6.61. The summed E-state index contributed by atoms with van der Waals surface area (Å²) in [5.74, 6) is -0.586. The predicted molar refractivity (Wildman–Crippen MR) is 73.1 cm³/mol. The summed E-state index contributed by atoms with van der Waals surface area (Å²) in [4.78, 5) is 27.5. The molecule has 2 aromatic heterocycles. The fraction of sp³-hybridized carbons (Fsp3) is 0.417. The third-order valence-electron chi connectivity index (χ3n) is 2.34. The first-order valence-electron chi connectivity index (χ1n) is 5.92. The smallest absolute Gasteiger partial charge is 0.408 e. The third-order valence-corrected chi connectivity index (χ3v) is 3.21. The molecule has 0 radical (unpaired) electrons. The molecule has 0 aliphatic heterocycles. The van der Waals surface area contributed by atoms with E-state index < -0.39 is 17.7 Å². The Morgan fingerprint density at radius 2 is 2.20 bits per heavy atom. The molecule has 2 aromatic rings. The van der Waals surface area contributed by atoms with Crippen molar-refractivity contribution in [2.45, 2.75) is 32.9 Å². The van der Waals surface area contributed by atoms with Crippen LogP contribution in [-0.4, -0.2) is 32.2 Å². The monoisotopic (exact) mass is 297 g/mol. The first kappa shape index (κ1) is 14.3. The molecular formula is C12H15N3O4S. The highest BCUT2D eigenvalue weighted by Crippen LogP contribution is 2.18. The van der Waals surface area contributed by atoms with Gasteiger partial charge < -0.3 is 15.2 Å². The fourth-order valence-corrected chi connectivity index (χ4v) is 2.48. The number of nitrogens with one attached hydrogen (secondary N) is 1. The molecule has 0 aliphatic rings. The maximum atomic E-state index is 11.6. The van der Waals surface area contributed by atoms with Crippen LogP contribution in [0.3, 0.4) is 0 Å². The molecule has 0 saturated heterocycles. The van der Waals surface area contributed by atoms with Crippen molar-refractivity contribution in [3.63, 3.8) is 0 Å². The van der Waals surface area contributed by atoms with Gasteiger partial charge in [0.25, 0.3) is 0 Å². The summed E-state index contributed by atoms with van der Waals surface area (Å²) in [6.45, 7) is 5.39. The van der Waals surface area contributed by atoms with Crippen molar-refractivity contribution in [1.29, 1.82) is 0 Å². The first-order valence-corrected chi connectivity index (χ1v) is 6.80. The van der Waals surface area contributed by atoms with Gasteiger partial charge in [-0.25, -0.2) is 14.6 Å². The molecule has 2 rings (SSSR count). The lowest BCUT2D eigenvalue weighted by molar-refractivity contribution is 0.0522. The minimum atomic E-state index is -1.03. The van der Waals surface area contributed by atoms with Crippen molar-refractivity contribution >= 4 is 28.2 Å². The van der Waals surface area contributed by atoms with Crippen LogP contribution in [-0.2, 0) is 11.3 Å². The summed E-state index contributed by atoms with van der Waals surface area (Å²) >= 11 is 1.28. The molecule has 0 atom stereocenters. The lowest BCUT2D eigenvalue weighted by Gasteiger charge is -2.19. The predicted octanol–water partition coefficient (Wildman–Crippen LogP) is 2.12. The lowest BCUT2D eigenvalue weighted by atomic mass is 10.2. The van der Waals surface area contributed by atoms with Gasteiger partial charge in [0.2, 0.25) is 0 Å². The second kappa shape index (κ2) is 5.12. The number of rotatable bonds is 3. The minimum absolute atomic E-state index is 0.0973. The summed E-state index contributed by atoms with van der Waals surface area (Å²) in [5, 5.41) is 13.2. The Hall–Kier alpha value is -2.09. The summed E-state index contributed by atoms with van der Waals surface area (Å²) in [7, 11) is 0. The Balaban J connectivity index is 2.12. The number of carbonyl (C=O) groups excluding carboxylic acids is 1. The summed E-state index contributed by atoms with van der Waals surface area (Å²) in [5.41, 5.74) is -0.455. The number of nitrogens with zero attached hydrogens (tertiary/aromatic N) is 2. The average molecular weight is 297 g/mol. The number of thiazole rings is 1. The molecule has 0 bridgehead atoms. The fourth-order valence-electron chi connectivity index (χ4n) is 1.62. The molecule has 0 spiro atoms. The van der Waals surface area contributed by atoms with E-state index in [0.29, 0.717) is 10.7 Å². The highest BCUT2D eigenvalue weighted by Gasteiger charge is 2.18. The number of carboxylic acids is 1. The highest BCUT2D eigenvalue weighted by atomic mass is 32.1. The van der Waals surface area contributed by atoms with Crippen LogP contribution >= 0.6 is 11.3 Å². The molecule has 1 amide bonds. The minimum Gasteiger partial charge on any atom is -0.477 e. The maximum absolute atomic E-state index is 11.6.